The molecule has 2 saturated carbocycles. The molecule has 6 rings (SSSR count). The number of sulfonamides is 1. The van der Waals surface area contributed by atoms with E-state index in [4.69, 9.17) is 17.7 Å². The highest BCUT2D eigenvalue weighted by Crippen LogP contribution is 2.58. The Hall–Kier alpha value is -4.28. The summed E-state index contributed by atoms with van der Waals surface area (Å²) >= 11 is 0. The van der Waals surface area contributed by atoms with Crippen molar-refractivity contribution in [2.75, 3.05) is 13.7 Å². The molecule has 4 aliphatic rings. The van der Waals surface area contributed by atoms with Gasteiger partial charge in [0.2, 0.25) is 33.3 Å². The minimum atomic E-state index is -6.13. The van der Waals surface area contributed by atoms with Crippen LogP contribution in [0.3, 0.4) is 0 Å². The van der Waals surface area contributed by atoms with Crippen LogP contribution in [0.2, 0.25) is 0 Å². The molecule has 1 saturated heterocycles. The molecule has 2 amide bonds. The molecular formula is C42H53F4N3O9S. The number of nitrogens with zero attached hydrogens (tertiary/aromatic N) is 2. The smallest absolute Gasteiger partial charge is 0.427 e. The normalized spacial score (nSPS) is 31.3. The Morgan fingerprint density at radius 1 is 1.15 bits per heavy atom. The molecule has 0 unspecified atom stereocenters. The Kier molecular flexibility index (Phi) is 10.1. The van der Waals surface area contributed by atoms with Crippen molar-refractivity contribution < 1.29 is 67.6 Å². The molecule has 3 fully saturated rings. The number of carbonyl (C=O) groups excluding carboxylic acids is 4. The van der Waals surface area contributed by atoms with E-state index in [0.717, 1.165) is 11.0 Å². The molecule has 1 aromatic carbocycles. The van der Waals surface area contributed by atoms with Gasteiger partial charge < -0.3 is 19.1 Å². The van der Waals surface area contributed by atoms with Crippen LogP contribution in [0, 0.1) is 34.9 Å². The zero-order valence-electron chi connectivity index (χ0n) is 39.2. The maximum atomic E-state index is 15.1. The number of halogens is 4. The molecule has 2 aliphatic carbocycles. The molecule has 59 heavy (non-hydrogen) atoms. The van der Waals surface area contributed by atoms with Crippen molar-refractivity contribution in [1.82, 2.24) is 14.6 Å². The number of aromatic nitrogens is 1. The highest BCUT2D eigenvalue weighted by Gasteiger charge is 2.63. The van der Waals surface area contributed by atoms with Crippen LogP contribution >= 0.6 is 0 Å². The lowest BCUT2D eigenvalue weighted by atomic mass is 9.79. The van der Waals surface area contributed by atoms with Gasteiger partial charge in [0.05, 0.1) is 42.2 Å². The van der Waals surface area contributed by atoms with Crippen molar-refractivity contribution in [2.24, 2.45) is 29.1 Å². The molecule has 12 nitrogen and oxygen atoms in total. The minimum Gasteiger partial charge on any atom is -0.494 e. The van der Waals surface area contributed by atoms with E-state index in [1.807, 2.05) is 6.92 Å². The first-order chi connectivity index (χ1) is 30.0. The van der Waals surface area contributed by atoms with Crippen molar-refractivity contribution in [1.29, 1.82) is 0 Å². The SMILES string of the molecule is [2H]C([2H])([2H])C(OC(=O)C[C@@H]1C(=O)N2C[C@H](Oc3nccc4cc(OC)c(F)cc34)C[C@H]2C(=O)C[C@]2(C(=O)NS(=O)(=O)C3(C)CC3)C[C@H]2/C=C\CC[C@H](C)C[C@H]1CC)(C([2H])([2H])[2H])C(F)(F)F. The fourth-order valence-electron chi connectivity index (χ4n) is 8.35. The van der Waals surface area contributed by atoms with Crippen LogP contribution in [0.1, 0.15) is 107 Å². The van der Waals surface area contributed by atoms with E-state index in [1.165, 1.54) is 26.3 Å². The summed E-state index contributed by atoms with van der Waals surface area (Å²) in [6.07, 6.45) is -2.30. The number of hydrogen-bond acceptors (Lipinski definition) is 10. The van der Waals surface area contributed by atoms with E-state index in [2.05, 4.69) is 14.4 Å². The van der Waals surface area contributed by atoms with Crippen molar-refractivity contribution in [3.05, 3.63) is 42.4 Å². The van der Waals surface area contributed by atoms with Gasteiger partial charge in [-0.15, -0.1) is 0 Å². The largest absolute Gasteiger partial charge is 0.494 e. The van der Waals surface area contributed by atoms with Gasteiger partial charge in [0.15, 0.2) is 17.3 Å². The topological polar surface area (TPSA) is 158 Å². The van der Waals surface area contributed by atoms with Gasteiger partial charge >= 0.3 is 12.1 Å². The van der Waals surface area contributed by atoms with Crippen molar-refractivity contribution in [3.8, 4) is 11.6 Å². The summed E-state index contributed by atoms with van der Waals surface area (Å²) in [4.78, 5) is 63.0. The van der Waals surface area contributed by atoms with Gasteiger partial charge in [0, 0.05) is 32.6 Å². The number of carbonyl (C=O) groups is 4. The van der Waals surface area contributed by atoms with Crippen LogP contribution in [0.4, 0.5) is 17.6 Å². The van der Waals surface area contributed by atoms with E-state index in [0.29, 0.717) is 31.1 Å². The predicted octanol–water partition coefficient (Wildman–Crippen LogP) is 6.99. The Labute approximate surface area is 350 Å². The second-order valence-electron chi connectivity index (χ2n) is 16.8. The van der Waals surface area contributed by atoms with Crippen LogP contribution in [0.25, 0.3) is 10.8 Å². The summed E-state index contributed by atoms with van der Waals surface area (Å²) in [6.45, 7) is -4.29. The van der Waals surface area contributed by atoms with E-state index in [9.17, 15) is 40.4 Å². The maximum Gasteiger partial charge on any atom is 0.427 e. The number of benzene rings is 1. The Balaban J connectivity index is 1.41. The number of allylic oxidation sites excluding steroid dienone is 2. The molecular weight excluding hydrogens is 799 g/mol. The molecule has 1 aromatic heterocycles. The van der Waals surface area contributed by atoms with Gasteiger partial charge in [-0.1, -0.05) is 32.4 Å². The number of esters is 1. The standard InChI is InChI=1S/C42H53F4N3O9S/c1-7-25-16-24(2)10-8-9-11-27-21-41(27,38(53)48-59(54,55)40(5)13-14-40)22-33(50)32-18-28(57-36-29-19-31(43)34(56-6)17-26(29)12-15-47-36)23-49(32)37(52)30(25)20-35(51)58-39(3,4)42(44,45)46/h9,11-12,15,17,19,24-25,27-28,30,32H,7-8,10,13-14,16,18,20-23H2,1-6H3,(H,48,53)/b11-9-/t24-,25+,27+,28+,30-,32-,41+/m0/s1/i3D3,4D3. The highest BCUT2D eigenvalue weighted by molar-refractivity contribution is 7.91. The molecule has 324 valence electrons. The monoisotopic (exact) mass is 857 g/mol. The fourth-order valence-corrected chi connectivity index (χ4v) is 9.68. The lowest BCUT2D eigenvalue weighted by Gasteiger charge is -2.34. The Bertz CT molecular complexity index is 2310. The first-order valence-electron chi connectivity index (χ1n) is 22.7. The van der Waals surface area contributed by atoms with Crippen molar-refractivity contribution in [2.45, 2.75) is 127 Å². The molecule has 7 atom stereocenters. The molecule has 3 heterocycles. The van der Waals surface area contributed by atoms with Crippen LogP contribution in [0.15, 0.2) is 36.5 Å². The van der Waals surface area contributed by atoms with Gasteiger partial charge in [0.1, 0.15) is 6.10 Å². The number of ether oxygens (including phenoxy) is 3. The number of hydrogen-bond donors (Lipinski definition) is 1. The first kappa shape index (κ1) is 36.6. The fraction of sp³-hybridized carbons (Fsp3) is 0.643. The molecule has 0 spiro atoms. The average molecular weight is 858 g/mol. The van der Waals surface area contributed by atoms with Crippen molar-refractivity contribution in [3.63, 3.8) is 0 Å². The molecule has 0 bridgehead atoms. The second kappa shape index (κ2) is 16.3. The number of rotatable bonds is 10. The lowest BCUT2D eigenvalue weighted by molar-refractivity contribution is -0.257. The van der Waals surface area contributed by atoms with Gasteiger partial charge in [-0.3, -0.25) is 23.9 Å². The molecule has 17 heteroatoms. The molecule has 0 radical (unpaired) electrons. The third-order valence-electron chi connectivity index (χ3n) is 12.5. The van der Waals surface area contributed by atoms with E-state index >= 15 is 4.79 Å². The number of Topliss-reactive ketones (excluding diaryl/α,β-unsaturated/α-hetero) is 1. The molecule has 1 N–H and O–H groups in total. The van der Waals surface area contributed by atoms with Crippen LogP contribution in [-0.2, 0) is 33.9 Å². The Morgan fingerprint density at radius 3 is 2.53 bits per heavy atom. The minimum absolute atomic E-state index is 0.0718. The zero-order chi connectivity index (χ0) is 48.3. The highest BCUT2D eigenvalue weighted by atomic mass is 32.2. The number of alkyl halides is 3. The van der Waals surface area contributed by atoms with E-state index < -0.39 is 124 Å². The van der Waals surface area contributed by atoms with E-state index in [-0.39, 0.29) is 48.6 Å². The number of pyridine rings is 1. The number of fused-ring (bicyclic) bond motifs is 3. The third kappa shape index (κ3) is 9.09. The van der Waals surface area contributed by atoms with Gasteiger partial charge in [-0.2, -0.15) is 13.2 Å². The van der Waals surface area contributed by atoms with Crippen LogP contribution in [0.5, 0.6) is 11.6 Å². The average Bonchev–Trinajstić information content (AvgIpc) is 4.08. The molecule has 2 aliphatic heterocycles. The Morgan fingerprint density at radius 2 is 1.88 bits per heavy atom. The lowest BCUT2D eigenvalue weighted by Crippen LogP contribution is -2.49. The summed E-state index contributed by atoms with van der Waals surface area (Å²) in [5.74, 6) is -8.59. The summed E-state index contributed by atoms with van der Waals surface area (Å²) in [5, 5.41) is 0.644. The summed E-state index contributed by atoms with van der Waals surface area (Å²) < 4.78 is 148. The molecule has 2 aromatic rings. The van der Waals surface area contributed by atoms with Crippen LogP contribution in [-0.4, -0.2) is 84.2 Å². The van der Waals surface area contributed by atoms with Crippen molar-refractivity contribution >= 4 is 44.4 Å². The van der Waals surface area contributed by atoms with Gasteiger partial charge in [-0.05, 0) is 100 Å². The number of methoxy groups -OCH3 is 1. The van der Waals surface area contributed by atoms with E-state index in [1.54, 1.807) is 25.1 Å². The zero-order valence-corrected chi connectivity index (χ0v) is 34.0. The first-order valence-corrected chi connectivity index (χ1v) is 21.2. The van der Waals surface area contributed by atoms with Crippen LogP contribution < -0.4 is 14.2 Å². The maximum absolute atomic E-state index is 15.1. The third-order valence-corrected chi connectivity index (χ3v) is 14.6. The second-order valence-corrected chi connectivity index (χ2v) is 19.0. The quantitative estimate of drug-likeness (QED) is 0.150. The summed E-state index contributed by atoms with van der Waals surface area (Å²) in [7, 11) is -2.87. The summed E-state index contributed by atoms with van der Waals surface area (Å²) in [5.41, 5.74) is -6.51. The number of ketones is 1. The van der Waals surface area contributed by atoms with Gasteiger partial charge in [0.25, 0.3) is 0 Å². The van der Waals surface area contributed by atoms with Gasteiger partial charge in [-0.25, -0.2) is 17.8 Å². The summed E-state index contributed by atoms with van der Waals surface area (Å²) in [6, 6.07) is 2.64. The predicted molar refractivity (Wildman–Crippen MR) is 208 cm³/mol. The number of nitrogens with one attached hydrogen (secondary N) is 1. The number of amides is 2.